The Morgan fingerprint density at radius 1 is 1.64 bits per heavy atom. The van der Waals surface area contributed by atoms with Crippen molar-refractivity contribution in [1.29, 1.82) is 5.26 Å². The lowest BCUT2D eigenvalue weighted by atomic mass is 9.98. The van der Waals surface area contributed by atoms with Crippen LogP contribution in [0.25, 0.3) is 0 Å². The molecule has 0 aliphatic heterocycles. The molecule has 14 heavy (non-hydrogen) atoms. The van der Waals surface area contributed by atoms with Crippen molar-refractivity contribution < 1.29 is 4.79 Å². The average molecular weight is 189 g/mol. The average Bonchev–Trinajstić information content (AvgIpc) is 2.26. The van der Waals surface area contributed by atoms with Crippen molar-refractivity contribution in [1.82, 2.24) is 10.3 Å². The molecule has 1 amide bonds. The molecule has 0 saturated heterocycles. The van der Waals surface area contributed by atoms with Gasteiger partial charge in [-0.3, -0.25) is 9.78 Å². The zero-order chi connectivity index (χ0) is 10.4. The molecule has 0 aliphatic rings. The fourth-order valence-corrected chi connectivity index (χ4v) is 1.12. The minimum Gasteiger partial charge on any atom is -0.359 e. The van der Waals surface area contributed by atoms with Crippen LogP contribution in [0, 0.1) is 11.3 Å². The Hall–Kier alpha value is -1.89. The van der Waals surface area contributed by atoms with Crippen LogP contribution >= 0.6 is 0 Å². The second kappa shape index (κ2) is 4.97. The lowest BCUT2D eigenvalue weighted by molar-refractivity contribution is -0.120. The van der Waals surface area contributed by atoms with E-state index in [1.807, 2.05) is 0 Å². The van der Waals surface area contributed by atoms with Crippen LogP contribution in [0.2, 0.25) is 0 Å². The summed E-state index contributed by atoms with van der Waals surface area (Å²) in [5.74, 6) is -0.522. The molecule has 1 N–H and O–H groups in total. The van der Waals surface area contributed by atoms with E-state index in [4.69, 9.17) is 5.26 Å². The molecule has 0 aromatic carbocycles. The van der Waals surface area contributed by atoms with Gasteiger partial charge in [0.1, 0.15) is 0 Å². The number of rotatable bonds is 3. The second-order valence-electron chi connectivity index (χ2n) is 2.84. The molecule has 0 saturated carbocycles. The first-order valence-electron chi connectivity index (χ1n) is 4.28. The number of carbonyl (C=O) groups is 1. The van der Waals surface area contributed by atoms with Gasteiger partial charge in [-0.25, -0.2) is 0 Å². The Morgan fingerprint density at radius 2 is 2.29 bits per heavy atom. The lowest BCUT2D eigenvalue weighted by Gasteiger charge is -2.07. The second-order valence-corrected chi connectivity index (χ2v) is 2.84. The van der Waals surface area contributed by atoms with E-state index in [9.17, 15) is 4.79 Å². The van der Waals surface area contributed by atoms with Gasteiger partial charge in [-0.05, 0) is 17.7 Å². The molecule has 1 aromatic heterocycles. The maximum absolute atomic E-state index is 11.1. The first-order valence-corrected chi connectivity index (χ1v) is 4.28. The number of hydrogen-bond donors (Lipinski definition) is 1. The van der Waals surface area contributed by atoms with E-state index in [1.165, 1.54) is 0 Å². The number of amides is 1. The summed E-state index contributed by atoms with van der Waals surface area (Å²) in [4.78, 5) is 14.9. The van der Waals surface area contributed by atoms with E-state index in [2.05, 4.69) is 16.4 Å². The summed E-state index contributed by atoms with van der Waals surface area (Å²) in [5, 5.41) is 11.4. The van der Waals surface area contributed by atoms with Crippen molar-refractivity contribution in [2.75, 3.05) is 7.05 Å². The Kier molecular flexibility index (Phi) is 3.62. The van der Waals surface area contributed by atoms with Crippen molar-refractivity contribution in [3.63, 3.8) is 0 Å². The number of nitriles is 1. The van der Waals surface area contributed by atoms with Crippen LogP contribution in [0.1, 0.15) is 17.9 Å². The van der Waals surface area contributed by atoms with E-state index >= 15 is 0 Å². The number of nitrogens with zero attached hydrogens (tertiary/aromatic N) is 2. The van der Waals surface area contributed by atoms with Crippen LogP contribution in [0.4, 0.5) is 0 Å². The highest BCUT2D eigenvalue weighted by molar-refractivity contribution is 5.77. The van der Waals surface area contributed by atoms with E-state index in [0.29, 0.717) is 0 Å². The SMILES string of the molecule is CNC(=O)CC(C#N)c1ccncc1. The maximum Gasteiger partial charge on any atom is 0.221 e. The summed E-state index contributed by atoms with van der Waals surface area (Å²) in [6, 6.07) is 5.59. The molecule has 1 aromatic rings. The van der Waals surface area contributed by atoms with Gasteiger partial charge in [0.15, 0.2) is 0 Å². The maximum atomic E-state index is 11.1. The van der Waals surface area contributed by atoms with Gasteiger partial charge in [-0.15, -0.1) is 0 Å². The fourth-order valence-electron chi connectivity index (χ4n) is 1.12. The first-order chi connectivity index (χ1) is 6.77. The van der Waals surface area contributed by atoms with E-state index in [1.54, 1.807) is 31.6 Å². The Balaban J connectivity index is 2.74. The summed E-state index contributed by atoms with van der Waals surface area (Å²) in [6.45, 7) is 0. The Morgan fingerprint density at radius 3 is 2.79 bits per heavy atom. The van der Waals surface area contributed by atoms with Gasteiger partial charge in [0.25, 0.3) is 0 Å². The zero-order valence-electron chi connectivity index (χ0n) is 7.90. The molecule has 1 unspecified atom stereocenters. The smallest absolute Gasteiger partial charge is 0.221 e. The molecular formula is C10H11N3O. The van der Waals surface area contributed by atoms with Gasteiger partial charge in [0.2, 0.25) is 5.91 Å². The van der Waals surface area contributed by atoms with E-state index in [-0.39, 0.29) is 12.3 Å². The molecule has 4 nitrogen and oxygen atoms in total. The Labute approximate surface area is 82.6 Å². The fraction of sp³-hybridized carbons (Fsp3) is 0.300. The highest BCUT2D eigenvalue weighted by Crippen LogP contribution is 2.17. The summed E-state index contributed by atoms with van der Waals surface area (Å²) in [5.41, 5.74) is 0.825. The van der Waals surface area contributed by atoms with Crippen LogP contribution in [-0.4, -0.2) is 17.9 Å². The normalized spacial score (nSPS) is 11.4. The molecule has 4 heteroatoms. The number of pyridine rings is 1. The zero-order valence-corrected chi connectivity index (χ0v) is 7.90. The minimum absolute atomic E-state index is 0.131. The molecule has 72 valence electrons. The van der Waals surface area contributed by atoms with Crippen molar-refractivity contribution in [2.24, 2.45) is 0 Å². The number of carbonyl (C=O) groups excluding carboxylic acids is 1. The number of nitrogens with one attached hydrogen (secondary N) is 1. The van der Waals surface area contributed by atoms with Crippen LogP contribution < -0.4 is 5.32 Å². The van der Waals surface area contributed by atoms with Crippen LogP contribution in [0.5, 0.6) is 0 Å². The van der Waals surface area contributed by atoms with Gasteiger partial charge >= 0.3 is 0 Å². The third kappa shape index (κ3) is 2.56. The molecule has 1 atom stereocenters. The van der Waals surface area contributed by atoms with E-state index < -0.39 is 5.92 Å². The highest BCUT2D eigenvalue weighted by Gasteiger charge is 2.13. The van der Waals surface area contributed by atoms with Crippen LogP contribution in [-0.2, 0) is 4.79 Å². The third-order valence-electron chi connectivity index (χ3n) is 1.93. The summed E-state index contributed by atoms with van der Waals surface area (Å²) < 4.78 is 0. The van der Waals surface area contributed by atoms with Crippen LogP contribution in [0.3, 0.4) is 0 Å². The molecule has 0 spiro atoms. The van der Waals surface area contributed by atoms with Gasteiger partial charge in [-0.2, -0.15) is 5.26 Å². The van der Waals surface area contributed by atoms with Crippen molar-refractivity contribution in [2.45, 2.75) is 12.3 Å². The summed E-state index contributed by atoms with van der Waals surface area (Å²) >= 11 is 0. The molecule has 1 heterocycles. The largest absolute Gasteiger partial charge is 0.359 e. The first kappa shape index (κ1) is 10.2. The molecular weight excluding hydrogens is 178 g/mol. The monoisotopic (exact) mass is 189 g/mol. The highest BCUT2D eigenvalue weighted by atomic mass is 16.1. The van der Waals surface area contributed by atoms with Gasteiger partial charge in [0.05, 0.1) is 12.0 Å². The van der Waals surface area contributed by atoms with Crippen molar-refractivity contribution in [3.05, 3.63) is 30.1 Å². The van der Waals surface area contributed by atoms with Gasteiger partial charge < -0.3 is 5.32 Å². The van der Waals surface area contributed by atoms with Gasteiger partial charge in [0, 0.05) is 25.9 Å². The van der Waals surface area contributed by atoms with E-state index in [0.717, 1.165) is 5.56 Å². The topological polar surface area (TPSA) is 65.8 Å². The molecule has 0 aliphatic carbocycles. The molecule has 0 radical (unpaired) electrons. The number of hydrogen-bond acceptors (Lipinski definition) is 3. The van der Waals surface area contributed by atoms with Crippen LogP contribution in [0.15, 0.2) is 24.5 Å². The predicted molar refractivity (Wildman–Crippen MR) is 51.3 cm³/mol. The summed E-state index contributed by atoms with van der Waals surface area (Å²) in [7, 11) is 1.56. The molecule has 0 bridgehead atoms. The van der Waals surface area contributed by atoms with Gasteiger partial charge in [-0.1, -0.05) is 0 Å². The molecule has 0 fully saturated rings. The quantitative estimate of drug-likeness (QED) is 0.765. The van der Waals surface area contributed by atoms with Crippen molar-refractivity contribution >= 4 is 5.91 Å². The molecule has 1 rings (SSSR count). The third-order valence-corrected chi connectivity index (χ3v) is 1.93. The standard InChI is InChI=1S/C10H11N3O/c1-12-10(14)6-9(7-11)8-2-4-13-5-3-8/h2-5,9H,6H2,1H3,(H,12,14). The lowest BCUT2D eigenvalue weighted by Crippen LogP contribution is -2.20. The number of aromatic nitrogens is 1. The minimum atomic E-state index is -0.391. The van der Waals surface area contributed by atoms with Crippen molar-refractivity contribution in [3.8, 4) is 6.07 Å². The Bertz CT molecular complexity index is 342. The summed E-state index contributed by atoms with van der Waals surface area (Å²) in [6.07, 6.45) is 3.42. The predicted octanol–water partition coefficient (Wildman–Crippen LogP) is 0.825.